The van der Waals surface area contributed by atoms with Gasteiger partial charge in [0.15, 0.2) is 17.0 Å². The van der Waals surface area contributed by atoms with Gasteiger partial charge in [-0.25, -0.2) is 29.3 Å². The minimum Gasteiger partial charge on any atom is -0.336 e. The summed E-state index contributed by atoms with van der Waals surface area (Å²) >= 11 is 0. The van der Waals surface area contributed by atoms with Crippen LogP contribution in [-0.2, 0) is 28.0 Å². The smallest absolute Gasteiger partial charge is 0.336 e. The predicted octanol–water partition coefficient (Wildman–Crippen LogP) is 0.720. The van der Waals surface area contributed by atoms with Crippen LogP contribution >= 0.6 is 7.82 Å². The van der Waals surface area contributed by atoms with E-state index in [4.69, 9.17) is 0 Å². The van der Waals surface area contributed by atoms with Crippen LogP contribution in [0.2, 0.25) is 0 Å². The van der Waals surface area contributed by atoms with Gasteiger partial charge < -0.3 is 19.3 Å². The molecule has 0 aromatic carbocycles. The fourth-order valence-corrected chi connectivity index (χ4v) is 5.34. The fourth-order valence-electron chi connectivity index (χ4n) is 5.07. The average molecular weight is 615 g/mol. The number of rotatable bonds is 8. The van der Waals surface area contributed by atoms with Gasteiger partial charge in [-0.3, -0.25) is 33.1 Å². The maximum Gasteiger partial charge on any atom is 0.471 e. The van der Waals surface area contributed by atoms with Crippen molar-refractivity contribution in [1.82, 2.24) is 38.6 Å². The molecule has 0 radical (unpaired) electrons. The molecule has 1 saturated heterocycles. The number of hydrogen-bond acceptors (Lipinski definition) is 11. The number of anilines is 2. The molecule has 1 aliphatic rings. The van der Waals surface area contributed by atoms with Crippen molar-refractivity contribution in [2.45, 2.75) is 45.2 Å². The van der Waals surface area contributed by atoms with Gasteiger partial charge in [0.2, 0.25) is 5.95 Å². The van der Waals surface area contributed by atoms with Gasteiger partial charge in [0.05, 0.1) is 24.4 Å². The lowest BCUT2D eigenvalue weighted by Crippen LogP contribution is -2.40. The minimum absolute atomic E-state index is 0.0143. The second-order valence-corrected chi connectivity index (χ2v) is 12.1. The van der Waals surface area contributed by atoms with Crippen LogP contribution in [0.1, 0.15) is 39.7 Å². The molecular formula is C25H31N10O7P. The Balaban J connectivity index is 1.50. The number of nitrogens with zero attached hydrogens (tertiary/aromatic N) is 10. The van der Waals surface area contributed by atoms with E-state index in [0.717, 1.165) is 28.9 Å². The van der Waals surface area contributed by atoms with Gasteiger partial charge in [0.1, 0.15) is 12.8 Å². The molecule has 1 amide bonds. The van der Waals surface area contributed by atoms with E-state index in [9.17, 15) is 28.7 Å². The molecule has 1 unspecified atom stereocenters. The standard InChI is InChI=1S/C25H31N10O7P/c1-15(33-13-29-20-19(33)22(37)32(5)24(38)31(20)4)21(36)34(14-42-43(39,40)41)18-12-26-11-17(30-18)16-9-27-23(28-10-16)35-8-6-7-25(35,2)3/h9-13,15H,6-8,14H2,1-5H3,(H2,39,40,41). The van der Waals surface area contributed by atoms with Crippen molar-refractivity contribution < 1.29 is 23.7 Å². The summed E-state index contributed by atoms with van der Waals surface area (Å²) in [7, 11) is -2.26. The highest BCUT2D eigenvalue weighted by Crippen LogP contribution is 2.37. The lowest BCUT2D eigenvalue weighted by Gasteiger charge is -2.31. The number of carbonyl (C=O) groups is 1. The van der Waals surface area contributed by atoms with Gasteiger partial charge in [0, 0.05) is 44.1 Å². The first kappa shape index (κ1) is 30.2. The summed E-state index contributed by atoms with van der Waals surface area (Å²) < 4.78 is 19.6. The van der Waals surface area contributed by atoms with Crippen LogP contribution in [0, 0.1) is 0 Å². The third kappa shape index (κ3) is 5.71. The highest BCUT2D eigenvalue weighted by molar-refractivity contribution is 7.46. The summed E-state index contributed by atoms with van der Waals surface area (Å²) in [5, 5.41) is 0. The number of phosphoric acid groups is 1. The Morgan fingerprint density at radius 2 is 1.81 bits per heavy atom. The lowest BCUT2D eigenvalue weighted by molar-refractivity contribution is -0.122. The largest absolute Gasteiger partial charge is 0.471 e. The topological polar surface area (TPSA) is 204 Å². The van der Waals surface area contributed by atoms with Crippen molar-refractivity contribution in [1.29, 1.82) is 0 Å². The predicted molar refractivity (Wildman–Crippen MR) is 154 cm³/mol. The zero-order chi connectivity index (χ0) is 31.3. The first-order valence-electron chi connectivity index (χ1n) is 13.3. The molecule has 1 atom stereocenters. The van der Waals surface area contributed by atoms with Crippen LogP contribution in [0.3, 0.4) is 0 Å². The molecule has 43 heavy (non-hydrogen) atoms. The molecule has 1 fully saturated rings. The van der Waals surface area contributed by atoms with Crippen LogP contribution in [0.25, 0.3) is 22.4 Å². The van der Waals surface area contributed by atoms with E-state index in [1.54, 1.807) is 12.4 Å². The average Bonchev–Trinajstić information content (AvgIpc) is 3.57. The quantitative estimate of drug-likeness (QED) is 0.208. The minimum atomic E-state index is -5.01. The zero-order valence-corrected chi connectivity index (χ0v) is 25.0. The molecule has 4 aromatic heterocycles. The van der Waals surface area contributed by atoms with Gasteiger partial charge in [-0.15, -0.1) is 0 Å². The van der Waals surface area contributed by atoms with Crippen molar-refractivity contribution >= 4 is 36.7 Å². The Hall–Kier alpha value is -4.31. The third-order valence-electron chi connectivity index (χ3n) is 7.54. The van der Waals surface area contributed by atoms with Gasteiger partial charge in [0.25, 0.3) is 11.5 Å². The summed E-state index contributed by atoms with van der Waals surface area (Å²) in [5.74, 6) is -0.262. The molecular weight excluding hydrogens is 583 g/mol. The van der Waals surface area contributed by atoms with E-state index >= 15 is 0 Å². The molecule has 18 heteroatoms. The molecule has 2 N–H and O–H groups in total. The monoisotopic (exact) mass is 614 g/mol. The van der Waals surface area contributed by atoms with E-state index < -0.39 is 37.8 Å². The Labute approximate surface area is 244 Å². The number of amides is 1. The maximum absolute atomic E-state index is 13.8. The second-order valence-electron chi connectivity index (χ2n) is 10.8. The van der Waals surface area contributed by atoms with Crippen molar-refractivity contribution in [3.05, 3.63) is 52.0 Å². The summed E-state index contributed by atoms with van der Waals surface area (Å²) in [4.78, 5) is 82.7. The van der Waals surface area contributed by atoms with Crippen LogP contribution in [0.5, 0.6) is 0 Å². The number of phosphoric ester groups is 1. The zero-order valence-electron chi connectivity index (χ0n) is 24.1. The second kappa shape index (κ2) is 11.1. The van der Waals surface area contributed by atoms with Crippen molar-refractivity contribution in [3.8, 4) is 11.3 Å². The van der Waals surface area contributed by atoms with Gasteiger partial charge in [-0.2, -0.15) is 0 Å². The molecule has 5 rings (SSSR count). The summed E-state index contributed by atoms with van der Waals surface area (Å²) in [6, 6.07) is -1.15. The molecule has 0 spiro atoms. The molecule has 0 saturated carbocycles. The summed E-state index contributed by atoms with van der Waals surface area (Å²) in [5.41, 5.74) is -0.493. The Kier molecular flexibility index (Phi) is 7.77. The molecule has 4 aromatic rings. The first-order chi connectivity index (χ1) is 20.2. The molecule has 1 aliphatic heterocycles. The first-order valence-corrected chi connectivity index (χ1v) is 14.8. The van der Waals surface area contributed by atoms with Crippen molar-refractivity contribution in [2.75, 3.05) is 23.1 Å². The van der Waals surface area contributed by atoms with Crippen LogP contribution in [0.4, 0.5) is 11.8 Å². The van der Waals surface area contributed by atoms with Crippen molar-refractivity contribution in [3.63, 3.8) is 0 Å². The Morgan fingerprint density at radius 3 is 2.44 bits per heavy atom. The summed E-state index contributed by atoms with van der Waals surface area (Å²) in [6.45, 7) is 5.68. The molecule has 17 nitrogen and oxygen atoms in total. The number of imidazole rings is 1. The highest BCUT2D eigenvalue weighted by Gasteiger charge is 2.34. The Bertz CT molecular complexity index is 1860. The SMILES string of the molecule is CC(C(=O)N(COP(=O)(O)O)c1cncc(-c2cnc(N3CCCC3(C)C)nc2)n1)n1cnc2c1c(=O)n(C)c(=O)n2C. The van der Waals surface area contributed by atoms with E-state index in [1.165, 1.54) is 48.9 Å². The third-order valence-corrected chi connectivity index (χ3v) is 8.00. The van der Waals surface area contributed by atoms with Gasteiger partial charge in [-0.1, -0.05) is 0 Å². The number of aromatic nitrogens is 8. The van der Waals surface area contributed by atoms with E-state index in [0.29, 0.717) is 17.2 Å². The normalized spacial score (nSPS) is 15.7. The maximum atomic E-state index is 13.8. The molecule has 228 valence electrons. The molecule has 5 heterocycles. The van der Waals surface area contributed by atoms with Gasteiger partial charge in [-0.05, 0) is 33.6 Å². The highest BCUT2D eigenvalue weighted by atomic mass is 31.2. The van der Waals surface area contributed by atoms with E-state index in [1.807, 2.05) is 0 Å². The van der Waals surface area contributed by atoms with Gasteiger partial charge >= 0.3 is 13.5 Å². The van der Waals surface area contributed by atoms with Crippen LogP contribution in [0.15, 0.2) is 40.7 Å². The molecule has 0 aliphatic carbocycles. The van der Waals surface area contributed by atoms with Crippen molar-refractivity contribution in [2.24, 2.45) is 14.1 Å². The van der Waals surface area contributed by atoms with Crippen LogP contribution < -0.4 is 21.0 Å². The summed E-state index contributed by atoms with van der Waals surface area (Å²) in [6.07, 6.45) is 9.13. The van der Waals surface area contributed by atoms with Crippen LogP contribution in [-0.4, -0.2) is 73.1 Å². The molecule has 0 bridgehead atoms. The Morgan fingerprint density at radius 1 is 1.12 bits per heavy atom. The van der Waals surface area contributed by atoms with E-state index in [-0.39, 0.29) is 22.5 Å². The number of hydrogen-bond donors (Lipinski definition) is 2. The van der Waals surface area contributed by atoms with E-state index in [2.05, 4.69) is 48.2 Å². The number of fused-ring (bicyclic) bond motifs is 1. The number of aryl methyl sites for hydroxylation is 1. The lowest BCUT2D eigenvalue weighted by atomic mass is 10.0. The fraction of sp³-hybridized carbons (Fsp3) is 0.440. The number of carbonyl (C=O) groups excluding carboxylic acids is 1.